The lowest BCUT2D eigenvalue weighted by Gasteiger charge is -2.29. The fraction of sp³-hybridized carbons (Fsp3) is 0.700. The second-order valence-corrected chi connectivity index (χ2v) is 7.33. The normalized spacial score (nSPS) is 15.0. The molecule has 0 saturated carbocycles. The van der Waals surface area contributed by atoms with Crippen molar-refractivity contribution in [2.75, 3.05) is 7.05 Å². The number of unbranched alkanes of at least 4 members (excludes halogenated alkanes) is 1. The van der Waals surface area contributed by atoms with E-state index in [1.165, 1.54) is 43.2 Å². The molecule has 2 unspecified atom stereocenters. The standard InChI is InChI=1S/C20H35N/c1-7-9-12-16(8-2)15-19(21-6)17-13-10-11-14-18(17)20(3,4)5/h10-11,13-14,16,19,21H,7-9,12,15H2,1-6H3. The van der Waals surface area contributed by atoms with E-state index in [2.05, 4.69) is 71.2 Å². The van der Waals surface area contributed by atoms with Crippen LogP contribution in [-0.2, 0) is 5.41 Å². The Morgan fingerprint density at radius 2 is 1.76 bits per heavy atom. The smallest absolute Gasteiger partial charge is 0.0323 e. The average Bonchev–Trinajstić information content (AvgIpc) is 2.47. The second-order valence-electron chi connectivity index (χ2n) is 7.33. The third kappa shape index (κ3) is 5.47. The van der Waals surface area contributed by atoms with Crippen molar-refractivity contribution in [3.05, 3.63) is 35.4 Å². The molecule has 1 aromatic rings. The van der Waals surface area contributed by atoms with Gasteiger partial charge in [0.15, 0.2) is 0 Å². The predicted octanol–water partition coefficient (Wildman–Crippen LogP) is 5.85. The molecule has 2 atom stereocenters. The summed E-state index contributed by atoms with van der Waals surface area (Å²) in [5.74, 6) is 0.829. The Balaban J connectivity index is 2.94. The van der Waals surface area contributed by atoms with Crippen molar-refractivity contribution in [1.29, 1.82) is 0 Å². The lowest BCUT2D eigenvalue weighted by atomic mass is 9.79. The van der Waals surface area contributed by atoms with Crippen LogP contribution in [0.3, 0.4) is 0 Å². The molecule has 1 N–H and O–H groups in total. The molecule has 1 nitrogen and oxygen atoms in total. The SMILES string of the molecule is CCCCC(CC)CC(NC)c1ccccc1C(C)(C)C. The number of nitrogens with one attached hydrogen (secondary N) is 1. The van der Waals surface area contributed by atoms with Gasteiger partial charge in [0.1, 0.15) is 0 Å². The minimum atomic E-state index is 0.205. The molecule has 1 aromatic carbocycles. The monoisotopic (exact) mass is 289 g/mol. The summed E-state index contributed by atoms with van der Waals surface area (Å²) in [5, 5.41) is 3.57. The molecule has 0 saturated heterocycles. The van der Waals surface area contributed by atoms with Crippen molar-refractivity contribution in [1.82, 2.24) is 5.32 Å². The van der Waals surface area contributed by atoms with Crippen molar-refractivity contribution in [3.63, 3.8) is 0 Å². The highest BCUT2D eigenvalue weighted by Gasteiger charge is 2.23. The topological polar surface area (TPSA) is 12.0 Å². The van der Waals surface area contributed by atoms with Crippen LogP contribution in [0.4, 0.5) is 0 Å². The molecule has 0 heterocycles. The van der Waals surface area contributed by atoms with Gasteiger partial charge in [-0.05, 0) is 35.9 Å². The van der Waals surface area contributed by atoms with Gasteiger partial charge in [-0.2, -0.15) is 0 Å². The van der Waals surface area contributed by atoms with E-state index in [9.17, 15) is 0 Å². The van der Waals surface area contributed by atoms with Crippen LogP contribution in [-0.4, -0.2) is 7.05 Å². The Kier molecular flexibility index (Phi) is 7.45. The molecule has 120 valence electrons. The molecule has 0 fully saturated rings. The van der Waals surface area contributed by atoms with Gasteiger partial charge < -0.3 is 5.32 Å². The quantitative estimate of drug-likeness (QED) is 0.633. The van der Waals surface area contributed by atoms with E-state index < -0.39 is 0 Å². The molecule has 0 aromatic heterocycles. The maximum Gasteiger partial charge on any atom is 0.0323 e. The van der Waals surface area contributed by atoms with E-state index in [-0.39, 0.29) is 5.41 Å². The molecule has 0 aliphatic carbocycles. The van der Waals surface area contributed by atoms with Gasteiger partial charge in [0, 0.05) is 6.04 Å². The maximum absolute atomic E-state index is 3.57. The van der Waals surface area contributed by atoms with Gasteiger partial charge in [-0.1, -0.05) is 84.6 Å². The molecule has 21 heavy (non-hydrogen) atoms. The first-order valence-corrected chi connectivity index (χ1v) is 8.70. The largest absolute Gasteiger partial charge is 0.313 e. The molecule has 0 aliphatic heterocycles. The van der Waals surface area contributed by atoms with E-state index in [1.54, 1.807) is 0 Å². The zero-order valence-electron chi connectivity index (χ0n) is 15.0. The van der Waals surface area contributed by atoms with E-state index in [0.29, 0.717) is 6.04 Å². The molecule has 0 bridgehead atoms. The van der Waals surface area contributed by atoms with Crippen LogP contribution in [0, 0.1) is 5.92 Å². The fourth-order valence-electron chi connectivity index (χ4n) is 3.20. The number of hydrogen-bond donors (Lipinski definition) is 1. The summed E-state index contributed by atoms with van der Waals surface area (Å²) < 4.78 is 0. The van der Waals surface area contributed by atoms with Crippen LogP contribution in [0.15, 0.2) is 24.3 Å². The fourth-order valence-corrected chi connectivity index (χ4v) is 3.20. The van der Waals surface area contributed by atoms with Gasteiger partial charge in [0.2, 0.25) is 0 Å². The van der Waals surface area contributed by atoms with Crippen molar-refractivity contribution in [2.24, 2.45) is 5.92 Å². The van der Waals surface area contributed by atoms with E-state index in [0.717, 1.165) is 5.92 Å². The van der Waals surface area contributed by atoms with Gasteiger partial charge in [-0.25, -0.2) is 0 Å². The van der Waals surface area contributed by atoms with Gasteiger partial charge in [0.25, 0.3) is 0 Å². The number of benzene rings is 1. The molecular weight excluding hydrogens is 254 g/mol. The minimum Gasteiger partial charge on any atom is -0.313 e. The van der Waals surface area contributed by atoms with Crippen LogP contribution in [0.25, 0.3) is 0 Å². The molecule has 0 radical (unpaired) electrons. The molecule has 0 aliphatic rings. The van der Waals surface area contributed by atoms with Crippen LogP contribution in [0.5, 0.6) is 0 Å². The first-order chi connectivity index (χ1) is 9.93. The van der Waals surface area contributed by atoms with Crippen molar-refractivity contribution in [2.45, 2.75) is 78.2 Å². The Hall–Kier alpha value is -0.820. The van der Waals surface area contributed by atoms with Gasteiger partial charge in [-0.15, -0.1) is 0 Å². The first kappa shape index (κ1) is 18.2. The highest BCUT2D eigenvalue weighted by Crippen LogP contribution is 2.33. The van der Waals surface area contributed by atoms with E-state index >= 15 is 0 Å². The van der Waals surface area contributed by atoms with Crippen LogP contribution >= 0.6 is 0 Å². The third-order valence-corrected chi connectivity index (χ3v) is 4.60. The van der Waals surface area contributed by atoms with Gasteiger partial charge >= 0.3 is 0 Å². The second kappa shape index (κ2) is 8.58. The zero-order valence-corrected chi connectivity index (χ0v) is 15.0. The Morgan fingerprint density at radius 3 is 2.29 bits per heavy atom. The summed E-state index contributed by atoms with van der Waals surface area (Å²) >= 11 is 0. The van der Waals surface area contributed by atoms with E-state index in [1.807, 2.05) is 0 Å². The number of hydrogen-bond acceptors (Lipinski definition) is 1. The summed E-state index contributed by atoms with van der Waals surface area (Å²) in [6.45, 7) is 11.6. The molecule has 0 amide bonds. The van der Waals surface area contributed by atoms with Crippen LogP contribution in [0.1, 0.15) is 83.9 Å². The summed E-state index contributed by atoms with van der Waals surface area (Å²) in [5.41, 5.74) is 3.17. The Morgan fingerprint density at radius 1 is 1.10 bits per heavy atom. The molecule has 1 heteroatoms. The predicted molar refractivity (Wildman–Crippen MR) is 94.9 cm³/mol. The van der Waals surface area contributed by atoms with Crippen molar-refractivity contribution < 1.29 is 0 Å². The zero-order chi connectivity index (χ0) is 15.9. The summed E-state index contributed by atoms with van der Waals surface area (Å²) in [4.78, 5) is 0. The summed E-state index contributed by atoms with van der Waals surface area (Å²) in [6, 6.07) is 9.44. The Bertz CT molecular complexity index is 403. The molecular formula is C20H35N. The van der Waals surface area contributed by atoms with Crippen LogP contribution < -0.4 is 5.32 Å². The highest BCUT2D eigenvalue weighted by atomic mass is 14.9. The molecule has 0 spiro atoms. The lowest BCUT2D eigenvalue weighted by Crippen LogP contribution is -2.24. The van der Waals surface area contributed by atoms with Crippen molar-refractivity contribution in [3.8, 4) is 0 Å². The Labute approximate surface area is 132 Å². The summed E-state index contributed by atoms with van der Waals surface area (Å²) in [7, 11) is 2.11. The number of rotatable bonds is 8. The molecule has 1 rings (SSSR count). The minimum absolute atomic E-state index is 0.205. The summed E-state index contributed by atoms with van der Waals surface area (Å²) in [6.07, 6.45) is 6.56. The highest BCUT2D eigenvalue weighted by molar-refractivity contribution is 5.35. The maximum atomic E-state index is 3.57. The van der Waals surface area contributed by atoms with E-state index in [4.69, 9.17) is 0 Å². The van der Waals surface area contributed by atoms with Crippen molar-refractivity contribution >= 4 is 0 Å². The van der Waals surface area contributed by atoms with Gasteiger partial charge in [-0.3, -0.25) is 0 Å². The van der Waals surface area contributed by atoms with Crippen LogP contribution in [0.2, 0.25) is 0 Å². The van der Waals surface area contributed by atoms with Gasteiger partial charge in [0.05, 0.1) is 0 Å². The third-order valence-electron chi connectivity index (χ3n) is 4.60. The lowest BCUT2D eigenvalue weighted by molar-refractivity contribution is 0.361. The average molecular weight is 290 g/mol. The first-order valence-electron chi connectivity index (χ1n) is 8.70.